The molecule has 0 spiro atoms. The quantitative estimate of drug-likeness (QED) is 0.649. The fraction of sp³-hybridized carbons (Fsp3) is 0.333. The average Bonchev–Trinajstić information content (AvgIpc) is 2.44. The molecule has 0 fully saturated rings. The number of halogens is 3. The molecule has 0 saturated carbocycles. The Labute approximate surface area is 125 Å². The number of hydrogen-bond acceptors (Lipinski definition) is 3. The van der Waals surface area contributed by atoms with Crippen molar-refractivity contribution in [1.29, 1.82) is 0 Å². The van der Waals surface area contributed by atoms with Gasteiger partial charge in [-0.15, -0.1) is 6.42 Å². The van der Waals surface area contributed by atoms with Gasteiger partial charge in [0.25, 0.3) is 0 Å². The minimum atomic E-state index is -4.47. The van der Waals surface area contributed by atoms with Gasteiger partial charge in [-0.25, -0.2) is 0 Å². The summed E-state index contributed by atoms with van der Waals surface area (Å²) in [5.74, 6) is 1.13. The highest BCUT2D eigenvalue weighted by Crippen LogP contribution is 2.30. The van der Waals surface area contributed by atoms with E-state index in [2.05, 4.69) is 16.0 Å². The van der Waals surface area contributed by atoms with Crippen LogP contribution in [0, 0.1) is 12.3 Å². The number of ether oxygens (including phenoxy) is 1. The van der Waals surface area contributed by atoms with Crippen LogP contribution in [0.1, 0.15) is 24.8 Å². The van der Waals surface area contributed by atoms with E-state index >= 15 is 0 Å². The van der Waals surface area contributed by atoms with Gasteiger partial charge in [-0.3, -0.25) is 9.59 Å². The molecule has 0 aliphatic heterocycles. The van der Waals surface area contributed by atoms with Crippen molar-refractivity contribution < 1.29 is 27.5 Å². The van der Waals surface area contributed by atoms with Crippen LogP contribution < -0.4 is 5.32 Å². The number of anilines is 1. The molecule has 0 bridgehead atoms. The lowest BCUT2D eigenvalue weighted by Crippen LogP contribution is -2.13. The van der Waals surface area contributed by atoms with Crippen molar-refractivity contribution in [1.82, 2.24) is 0 Å². The van der Waals surface area contributed by atoms with Crippen molar-refractivity contribution in [2.75, 3.05) is 11.9 Å². The number of esters is 1. The van der Waals surface area contributed by atoms with Crippen LogP contribution in [0.2, 0.25) is 0 Å². The average molecular weight is 313 g/mol. The highest BCUT2D eigenvalue weighted by atomic mass is 19.4. The molecule has 0 aliphatic rings. The number of rotatable bonds is 6. The predicted molar refractivity (Wildman–Crippen MR) is 73.7 cm³/mol. The highest BCUT2D eigenvalue weighted by molar-refractivity contribution is 5.91. The summed E-state index contributed by atoms with van der Waals surface area (Å²) in [4.78, 5) is 22.7. The van der Waals surface area contributed by atoms with Gasteiger partial charge in [0.2, 0.25) is 5.91 Å². The SMILES string of the molecule is C#CCOC(=O)CCCC(=O)Nc1cccc(C(F)(F)F)c1. The van der Waals surface area contributed by atoms with E-state index in [4.69, 9.17) is 6.42 Å². The van der Waals surface area contributed by atoms with Crippen molar-refractivity contribution in [3.8, 4) is 12.3 Å². The summed E-state index contributed by atoms with van der Waals surface area (Å²) in [5, 5.41) is 2.35. The van der Waals surface area contributed by atoms with Gasteiger partial charge in [0.05, 0.1) is 5.56 Å². The van der Waals surface area contributed by atoms with Crippen LogP contribution in [0.25, 0.3) is 0 Å². The number of alkyl halides is 3. The highest BCUT2D eigenvalue weighted by Gasteiger charge is 2.30. The normalized spacial score (nSPS) is 10.6. The van der Waals surface area contributed by atoms with Crippen molar-refractivity contribution in [2.45, 2.75) is 25.4 Å². The second-order valence-electron chi connectivity index (χ2n) is 4.35. The third-order valence-corrected chi connectivity index (χ3v) is 2.57. The molecular weight excluding hydrogens is 299 g/mol. The molecule has 0 heterocycles. The third-order valence-electron chi connectivity index (χ3n) is 2.57. The molecule has 1 aromatic carbocycles. The Morgan fingerprint density at radius 1 is 1.27 bits per heavy atom. The number of hydrogen-bond donors (Lipinski definition) is 1. The number of terminal acetylenes is 1. The van der Waals surface area contributed by atoms with Gasteiger partial charge in [-0.2, -0.15) is 13.2 Å². The van der Waals surface area contributed by atoms with E-state index in [0.717, 1.165) is 12.1 Å². The molecule has 0 radical (unpaired) electrons. The maximum atomic E-state index is 12.5. The van der Waals surface area contributed by atoms with Crippen LogP contribution in [0.5, 0.6) is 0 Å². The van der Waals surface area contributed by atoms with E-state index in [-0.39, 0.29) is 31.6 Å². The van der Waals surface area contributed by atoms with Crippen LogP contribution in [0.15, 0.2) is 24.3 Å². The lowest BCUT2D eigenvalue weighted by Gasteiger charge is -2.09. The van der Waals surface area contributed by atoms with Crippen LogP contribution in [-0.4, -0.2) is 18.5 Å². The summed E-state index contributed by atoms with van der Waals surface area (Å²) >= 11 is 0. The minimum Gasteiger partial charge on any atom is -0.452 e. The summed E-state index contributed by atoms with van der Waals surface area (Å²) in [6.45, 7) is -0.130. The van der Waals surface area contributed by atoms with E-state index in [1.807, 2.05) is 0 Å². The number of carbonyl (C=O) groups is 2. The maximum Gasteiger partial charge on any atom is 0.416 e. The second kappa shape index (κ2) is 8.08. The van der Waals surface area contributed by atoms with Crippen LogP contribution >= 0.6 is 0 Å². The van der Waals surface area contributed by atoms with E-state index in [0.29, 0.717) is 0 Å². The van der Waals surface area contributed by atoms with Gasteiger partial charge in [0, 0.05) is 18.5 Å². The van der Waals surface area contributed by atoms with Crippen LogP contribution in [0.3, 0.4) is 0 Å². The van der Waals surface area contributed by atoms with Crippen LogP contribution in [-0.2, 0) is 20.5 Å². The first-order valence-corrected chi connectivity index (χ1v) is 6.39. The lowest BCUT2D eigenvalue weighted by atomic mass is 10.2. The smallest absolute Gasteiger partial charge is 0.416 e. The Bertz CT molecular complexity index is 576. The molecule has 1 rings (SSSR count). The molecule has 0 unspecified atom stereocenters. The molecule has 118 valence electrons. The van der Waals surface area contributed by atoms with Gasteiger partial charge < -0.3 is 10.1 Å². The van der Waals surface area contributed by atoms with E-state index < -0.39 is 23.6 Å². The number of nitrogens with one attached hydrogen (secondary N) is 1. The molecule has 0 aliphatic carbocycles. The largest absolute Gasteiger partial charge is 0.452 e. The minimum absolute atomic E-state index is 0.0116. The van der Waals surface area contributed by atoms with Gasteiger partial charge in [-0.05, 0) is 24.6 Å². The Balaban J connectivity index is 2.43. The first-order valence-electron chi connectivity index (χ1n) is 6.39. The van der Waals surface area contributed by atoms with E-state index in [1.165, 1.54) is 12.1 Å². The topological polar surface area (TPSA) is 55.4 Å². The zero-order valence-electron chi connectivity index (χ0n) is 11.6. The summed E-state index contributed by atoms with van der Waals surface area (Å²) in [6, 6.07) is 4.32. The standard InChI is InChI=1S/C15H14F3NO3/c1-2-9-22-14(21)8-4-7-13(20)19-12-6-3-5-11(10-12)15(16,17)18/h1,3,5-6,10H,4,7-9H2,(H,19,20). The van der Waals surface area contributed by atoms with Crippen molar-refractivity contribution in [2.24, 2.45) is 0 Å². The number of benzene rings is 1. The second-order valence-corrected chi connectivity index (χ2v) is 4.35. The molecule has 0 atom stereocenters. The summed E-state index contributed by atoms with van der Waals surface area (Å²) in [7, 11) is 0. The number of carbonyl (C=O) groups excluding carboxylic acids is 2. The predicted octanol–water partition coefficient (Wildman–Crippen LogP) is 2.99. The van der Waals surface area contributed by atoms with Crippen LogP contribution in [0.4, 0.5) is 18.9 Å². The van der Waals surface area contributed by atoms with E-state index in [1.54, 1.807) is 0 Å². The summed E-state index contributed by atoms with van der Waals surface area (Å²) in [6.07, 6.45) is 0.656. The molecule has 1 aromatic rings. The Morgan fingerprint density at radius 3 is 2.64 bits per heavy atom. The van der Waals surface area contributed by atoms with Gasteiger partial charge in [0.15, 0.2) is 6.61 Å². The molecule has 1 amide bonds. The summed E-state index contributed by atoms with van der Waals surface area (Å²) in [5.41, 5.74) is -0.794. The zero-order chi connectivity index (χ0) is 16.6. The van der Waals surface area contributed by atoms with Crippen molar-refractivity contribution in [3.63, 3.8) is 0 Å². The molecule has 0 aromatic heterocycles. The molecule has 22 heavy (non-hydrogen) atoms. The van der Waals surface area contributed by atoms with Gasteiger partial charge in [-0.1, -0.05) is 12.0 Å². The van der Waals surface area contributed by atoms with Gasteiger partial charge >= 0.3 is 12.1 Å². The Kier molecular flexibility index (Phi) is 6.45. The summed E-state index contributed by atoms with van der Waals surface area (Å²) < 4.78 is 42.2. The molecule has 1 N–H and O–H groups in total. The zero-order valence-corrected chi connectivity index (χ0v) is 11.6. The fourth-order valence-electron chi connectivity index (χ4n) is 1.58. The Hall–Kier alpha value is -2.49. The Morgan fingerprint density at radius 2 is 2.00 bits per heavy atom. The molecule has 4 nitrogen and oxygen atoms in total. The van der Waals surface area contributed by atoms with E-state index in [9.17, 15) is 22.8 Å². The van der Waals surface area contributed by atoms with Gasteiger partial charge in [0.1, 0.15) is 0 Å². The molecule has 0 saturated heterocycles. The fourth-order valence-corrected chi connectivity index (χ4v) is 1.58. The lowest BCUT2D eigenvalue weighted by molar-refractivity contribution is -0.142. The van der Waals surface area contributed by atoms with Crippen molar-refractivity contribution >= 4 is 17.6 Å². The molecular formula is C15H14F3NO3. The van der Waals surface area contributed by atoms with Crippen molar-refractivity contribution in [3.05, 3.63) is 29.8 Å². The molecule has 7 heteroatoms. The third kappa shape index (κ3) is 6.31. The maximum absolute atomic E-state index is 12.5. The monoisotopic (exact) mass is 313 g/mol. The first kappa shape index (κ1) is 17.6. The number of amides is 1. The first-order chi connectivity index (χ1) is 10.3.